The van der Waals surface area contributed by atoms with Crippen LogP contribution in [-0.2, 0) is 31.4 Å². The van der Waals surface area contributed by atoms with Crippen molar-refractivity contribution in [1.29, 1.82) is 0 Å². The molecule has 0 saturated carbocycles. The van der Waals surface area contributed by atoms with Crippen molar-refractivity contribution in [1.82, 2.24) is 0 Å². The Morgan fingerprint density at radius 1 is 0.844 bits per heavy atom. The van der Waals surface area contributed by atoms with Crippen LogP contribution in [0.5, 0.6) is 0 Å². The summed E-state index contributed by atoms with van der Waals surface area (Å²) in [6, 6.07) is 0.566. The lowest BCUT2D eigenvalue weighted by atomic mass is 10.2. The Labute approximate surface area is 198 Å². The molecular formula is C20H44O8Si4. The molecule has 8 nitrogen and oxygen atoms in total. The van der Waals surface area contributed by atoms with Crippen LogP contribution in [0.1, 0.15) is 19.8 Å². The quantitative estimate of drug-likeness (QED) is 0.147. The van der Waals surface area contributed by atoms with E-state index in [1.807, 2.05) is 0 Å². The molecule has 0 aliphatic carbocycles. The van der Waals surface area contributed by atoms with Crippen LogP contribution in [0.2, 0.25) is 65.0 Å². The third kappa shape index (κ3) is 16.1. The fraction of sp³-hybridized carbons (Fsp3) is 0.800. The maximum atomic E-state index is 12.1. The summed E-state index contributed by atoms with van der Waals surface area (Å²) >= 11 is 0. The van der Waals surface area contributed by atoms with Crippen LogP contribution in [0, 0.1) is 0 Å². The minimum Gasteiger partial charge on any atom is -0.465 e. The molecular weight excluding hydrogens is 481 g/mol. The number of carbonyl (C=O) groups excluding carboxylic acids is 2. The zero-order chi connectivity index (χ0) is 25.4. The summed E-state index contributed by atoms with van der Waals surface area (Å²) in [4.78, 5) is 23.9. The van der Waals surface area contributed by atoms with Gasteiger partial charge in [-0.25, -0.2) is 4.79 Å². The summed E-state index contributed by atoms with van der Waals surface area (Å²) in [6.07, 6.45) is -0.502. The van der Waals surface area contributed by atoms with Gasteiger partial charge in [0.2, 0.25) is 0 Å². The molecule has 0 rings (SSSR count). The molecule has 188 valence electrons. The van der Waals surface area contributed by atoms with Gasteiger partial charge in [-0.15, -0.1) is 0 Å². The molecule has 1 N–H and O–H groups in total. The Kier molecular flexibility index (Phi) is 12.5. The van der Waals surface area contributed by atoms with Crippen LogP contribution in [0.15, 0.2) is 12.2 Å². The molecule has 0 amide bonds. The molecule has 0 heterocycles. The fourth-order valence-corrected chi connectivity index (χ4v) is 17.3. The number of aliphatic hydroxyl groups is 1. The summed E-state index contributed by atoms with van der Waals surface area (Å²) in [5.41, 5.74) is -0.00873. The van der Waals surface area contributed by atoms with E-state index in [-0.39, 0.29) is 25.2 Å². The van der Waals surface area contributed by atoms with Crippen LogP contribution >= 0.6 is 0 Å². The van der Waals surface area contributed by atoms with Gasteiger partial charge in [0.1, 0.15) is 6.61 Å². The smallest absolute Gasteiger partial charge is 0.465 e. The molecule has 0 aromatic carbocycles. The maximum Gasteiger partial charge on any atom is 0.469 e. The first-order valence-corrected chi connectivity index (χ1v) is 23.2. The second-order valence-corrected chi connectivity index (χ2v) is 27.9. The predicted octanol–water partition coefficient (Wildman–Crippen LogP) is 4.28. The molecule has 1 atom stereocenters. The van der Waals surface area contributed by atoms with Gasteiger partial charge in [0, 0.05) is 11.6 Å². The summed E-state index contributed by atoms with van der Waals surface area (Å²) < 4.78 is 29.9. The van der Waals surface area contributed by atoms with Crippen molar-refractivity contribution in [2.75, 3.05) is 13.2 Å². The molecule has 12 heteroatoms. The second kappa shape index (κ2) is 12.7. The monoisotopic (exact) mass is 524 g/mol. The molecule has 0 saturated heterocycles. The Bertz CT molecular complexity index is 592. The predicted molar refractivity (Wildman–Crippen MR) is 136 cm³/mol. The molecule has 0 radical (unpaired) electrons. The zero-order valence-corrected chi connectivity index (χ0v) is 25.6. The van der Waals surface area contributed by atoms with Crippen LogP contribution in [0.4, 0.5) is 0 Å². The Morgan fingerprint density at radius 2 is 1.28 bits per heavy atom. The van der Waals surface area contributed by atoms with Crippen molar-refractivity contribution < 1.29 is 36.5 Å². The Morgan fingerprint density at radius 3 is 1.66 bits per heavy atom. The highest BCUT2D eigenvalue weighted by Crippen LogP contribution is 2.29. The molecule has 0 aliphatic heterocycles. The molecule has 0 aromatic heterocycles. The summed E-state index contributed by atoms with van der Waals surface area (Å²) in [7, 11) is -8.84. The number of esters is 2. The van der Waals surface area contributed by atoms with E-state index in [1.165, 1.54) is 6.92 Å². The lowest BCUT2D eigenvalue weighted by molar-refractivity contribution is -0.147. The topological polar surface area (TPSA) is 101 Å². The van der Waals surface area contributed by atoms with E-state index in [4.69, 9.17) is 26.9 Å². The SMILES string of the molecule is C=C(CC(=O)OCCC[Si](O[Si](C)(C)C)(O[Si](C)(C)C)O[Si](C)(C)C)C(=O)OCC(C)O. The van der Waals surface area contributed by atoms with E-state index in [0.717, 1.165) is 0 Å². The van der Waals surface area contributed by atoms with Gasteiger partial charge < -0.3 is 26.9 Å². The highest BCUT2D eigenvalue weighted by molar-refractivity contribution is 6.90. The van der Waals surface area contributed by atoms with Crippen LogP contribution in [0.3, 0.4) is 0 Å². The molecule has 0 fully saturated rings. The third-order valence-electron chi connectivity index (χ3n) is 3.38. The van der Waals surface area contributed by atoms with E-state index in [9.17, 15) is 9.59 Å². The first-order chi connectivity index (χ1) is 14.2. The first kappa shape index (κ1) is 31.4. The van der Waals surface area contributed by atoms with Crippen molar-refractivity contribution in [2.24, 2.45) is 0 Å². The molecule has 0 spiro atoms. The van der Waals surface area contributed by atoms with E-state index in [2.05, 4.69) is 65.5 Å². The van der Waals surface area contributed by atoms with Crippen molar-refractivity contribution in [3.63, 3.8) is 0 Å². The Hall–Kier alpha value is -0.612. The maximum absolute atomic E-state index is 12.1. The number of rotatable bonds is 15. The standard InChI is InChI=1S/C20H44O8Si4/c1-17(20(23)25-16-18(2)21)15-19(22)24-13-12-14-32(26-29(3,4)5,27-30(6,7)8)28-31(9,10)11/h18,21H,1,12-16H2,2-11H3. The molecule has 0 bridgehead atoms. The number of aliphatic hydroxyl groups excluding tert-OH is 1. The van der Waals surface area contributed by atoms with Crippen LogP contribution < -0.4 is 0 Å². The largest absolute Gasteiger partial charge is 0.469 e. The lowest BCUT2D eigenvalue weighted by Gasteiger charge is -2.42. The van der Waals surface area contributed by atoms with Gasteiger partial charge in [0.05, 0.1) is 19.1 Å². The average molecular weight is 525 g/mol. The average Bonchev–Trinajstić information content (AvgIpc) is 2.51. The van der Waals surface area contributed by atoms with Crippen molar-refractivity contribution in [3.05, 3.63) is 12.2 Å². The Balaban J connectivity index is 5.01. The number of hydrogen-bond donors (Lipinski definition) is 1. The van der Waals surface area contributed by atoms with E-state index in [0.29, 0.717) is 12.5 Å². The lowest BCUT2D eigenvalue weighted by Crippen LogP contribution is -2.60. The molecule has 0 aliphatic rings. The summed E-state index contributed by atoms with van der Waals surface area (Å²) in [5.74, 6) is -1.27. The molecule has 32 heavy (non-hydrogen) atoms. The van der Waals surface area contributed by atoms with Gasteiger partial charge in [-0.3, -0.25) is 4.79 Å². The van der Waals surface area contributed by atoms with E-state index >= 15 is 0 Å². The normalized spacial score (nSPS) is 14.1. The second-order valence-electron chi connectivity index (χ2n) is 10.9. The van der Waals surface area contributed by atoms with Gasteiger partial charge in [-0.1, -0.05) is 6.58 Å². The van der Waals surface area contributed by atoms with Gasteiger partial charge in [0.15, 0.2) is 25.0 Å². The highest BCUT2D eigenvalue weighted by Gasteiger charge is 2.49. The minimum atomic E-state index is -2.97. The molecule has 1 unspecified atom stereocenters. The van der Waals surface area contributed by atoms with E-state index in [1.54, 1.807) is 0 Å². The number of carbonyl (C=O) groups is 2. The number of hydrogen-bond acceptors (Lipinski definition) is 8. The van der Waals surface area contributed by atoms with E-state index < -0.39 is 51.8 Å². The van der Waals surface area contributed by atoms with Crippen LogP contribution in [-0.4, -0.2) is 70.1 Å². The fourth-order valence-electron chi connectivity index (χ4n) is 2.69. The zero-order valence-electron chi connectivity index (χ0n) is 21.6. The van der Waals surface area contributed by atoms with Gasteiger partial charge in [-0.2, -0.15) is 0 Å². The van der Waals surface area contributed by atoms with Gasteiger partial charge in [0.25, 0.3) is 0 Å². The molecule has 0 aromatic rings. The third-order valence-corrected chi connectivity index (χ3v) is 15.4. The first-order valence-electron chi connectivity index (χ1n) is 11.0. The minimum absolute atomic E-state index is 0.00873. The van der Waals surface area contributed by atoms with Gasteiger partial charge in [-0.05, 0) is 72.3 Å². The van der Waals surface area contributed by atoms with Crippen LogP contribution in [0.25, 0.3) is 0 Å². The number of ether oxygens (including phenoxy) is 2. The van der Waals surface area contributed by atoms with Crippen molar-refractivity contribution in [2.45, 2.75) is 90.8 Å². The highest BCUT2D eigenvalue weighted by atomic mass is 28.5. The summed E-state index contributed by atoms with van der Waals surface area (Å²) in [6.45, 7) is 24.2. The van der Waals surface area contributed by atoms with Crippen molar-refractivity contribution in [3.8, 4) is 0 Å². The van der Waals surface area contributed by atoms with Crippen molar-refractivity contribution >= 4 is 45.7 Å². The summed E-state index contributed by atoms with van der Waals surface area (Å²) in [5, 5.41) is 9.17. The van der Waals surface area contributed by atoms with Gasteiger partial charge >= 0.3 is 20.7 Å².